The molecule has 2 aromatic rings. The van der Waals surface area contributed by atoms with E-state index < -0.39 is 0 Å². The van der Waals surface area contributed by atoms with Crippen molar-refractivity contribution >= 4 is 11.6 Å². The summed E-state index contributed by atoms with van der Waals surface area (Å²) in [6.07, 6.45) is 3.01. The molecule has 2 N–H and O–H groups in total. The normalized spacial score (nSPS) is 13.4. The van der Waals surface area contributed by atoms with Crippen LogP contribution in [0.25, 0.3) is 11.1 Å². The zero-order valence-corrected chi connectivity index (χ0v) is 9.38. The van der Waals surface area contributed by atoms with Gasteiger partial charge in [-0.1, -0.05) is 6.07 Å². The van der Waals surface area contributed by atoms with Gasteiger partial charge in [-0.15, -0.1) is 0 Å². The Morgan fingerprint density at radius 1 is 1.22 bits per heavy atom. The monoisotopic (exact) mass is 242 g/mol. The summed E-state index contributed by atoms with van der Waals surface area (Å²) in [5.41, 5.74) is 2.26. The molecule has 0 spiro atoms. The summed E-state index contributed by atoms with van der Waals surface area (Å²) in [6.45, 7) is 0.0417. The third-order valence-electron chi connectivity index (χ3n) is 2.67. The highest BCUT2D eigenvalue weighted by Crippen LogP contribution is 2.33. The van der Waals surface area contributed by atoms with E-state index in [-0.39, 0.29) is 18.3 Å². The summed E-state index contributed by atoms with van der Waals surface area (Å²) in [6, 6.07) is 7.05. The van der Waals surface area contributed by atoms with Crippen molar-refractivity contribution < 1.29 is 14.6 Å². The van der Waals surface area contributed by atoms with E-state index in [0.29, 0.717) is 11.4 Å². The predicted molar refractivity (Wildman–Crippen MR) is 65.5 cm³/mol. The lowest BCUT2D eigenvalue weighted by atomic mass is 10.1. The minimum Gasteiger partial charge on any atom is -0.506 e. The standard InChI is InChI=1S/C13H10N2O3/c16-10-3-9(5-14-6-10)8-1-2-12-11(4-8)15-13(17)7-18-12/h1-6,16H,7H2,(H,15,17). The van der Waals surface area contributed by atoms with Gasteiger partial charge in [0.05, 0.1) is 11.9 Å². The largest absolute Gasteiger partial charge is 0.506 e. The van der Waals surface area contributed by atoms with Crippen LogP contribution in [0.2, 0.25) is 0 Å². The molecule has 0 aliphatic carbocycles. The van der Waals surface area contributed by atoms with Gasteiger partial charge in [-0.2, -0.15) is 0 Å². The number of benzene rings is 1. The van der Waals surface area contributed by atoms with Gasteiger partial charge >= 0.3 is 0 Å². The number of carbonyl (C=O) groups excluding carboxylic acids is 1. The second-order valence-corrected chi connectivity index (χ2v) is 3.98. The first kappa shape index (κ1) is 10.6. The van der Waals surface area contributed by atoms with Crippen LogP contribution in [0.15, 0.2) is 36.7 Å². The SMILES string of the molecule is O=C1COc2ccc(-c3cncc(O)c3)cc2N1. The highest BCUT2D eigenvalue weighted by Gasteiger charge is 2.16. The minimum atomic E-state index is -0.173. The fourth-order valence-electron chi connectivity index (χ4n) is 1.85. The molecule has 0 atom stereocenters. The summed E-state index contributed by atoms with van der Waals surface area (Å²) in [5.74, 6) is 0.575. The Hall–Kier alpha value is -2.56. The van der Waals surface area contributed by atoms with Crippen LogP contribution in [-0.4, -0.2) is 22.6 Å². The van der Waals surface area contributed by atoms with E-state index in [4.69, 9.17) is 4.74 Å². The van der Waals surface area contributed by atoms with Crippen molar-refractivity contribution in [3.8, 4) is 22.6 Å². The van der Waals surface area contributed by atoms with E-state index in [1.54, 1.807) is 24.4 Å². The number of hydrogen-bond donors (Lipinski definition) is 2. The van der Waals surface area contributed by atoms with E-state index in [9.17, 15) is 9.90 Å². The van der Waals surface area contributed by atoms with Crippen LogP contribution >= 0.6 is 0 Å². The van der Waals surface area contributed by atoms with E-state index in [1.807, 2.05) is 6.07 Å². The molecule has 0 saturated carbocycles. The van der Waals surface area contributed by atoms with Crippen LogP contribution in [0.1, 0.15) is 0 Å². The lowest BCUT2D eigenvalue weighted by Crippen LogP contribution is -2.25. The quantitative estimate of drug-likeness (QED) is 0.799. The van der Waals surface area contributed by atoms with Crippen LogP contribution in [0, 0.1) is 0 Å². The summed E-state index contributed by atoms with van der Waals surface area (Å²) in [7, 11) is 0. The molecule has 5 heteroatoms. The number of hydrogen-bond acceptors (Lipinski definition) is 4. The summed E-state index contributed by atoms with van der Waals surface area (Å²) < 4.78 is 5.27. The topological polar surface area (TPSA) is 71.5 Å². The maximum absolute atomic E-state index is 11.2. The van der Waals surface area contributed by atoms with Crippen LogP contribution in [-0.2, 0) is 4.79 Å². The Balaban J connectivity index is 2.04. The van der Waals surface area contributed by atoms with Crippen LogP contribution < -0.4 is 10.1 Å². The molecule has 1 aliphatic rings. The second kappa shape index (κ2) is 4.03. The highest BCUT2D eigenvalue weighted by molar-refractivity contribution is 5.96. The van der Waals surface area contributed by atoms with Gasteiger partial charge < -0.3 is 15.2 Å². The van der Waals surface area contributed by atoms with Crippen molar-refractivity contribution in [2.24, 2.45) is 0 Å². The molecule has 2 heterocycles. The maximum Gasteiger partial charge on any atom is 0.262 e. The van der Waals surface area contributed by atoms with Gasteiger partial charge in [0.25, 0.3) is 5.91 Å². The Labute approximate surface area is 103 Å². The molecule has 0 radical (unpaired) electrons. The summed E-state index contributed by atoms with van der Waals surface area (Å²) >= 11 is 0. The third-order valence-corrected chi connectivity index (χ3v) is 2.67. The zero-order valence-electron chi connectivity index (χ0n) is 9.38. The van der Waals surface area contributed by atoms with Gasteiger partial charge in [0, 0.05) is 11.8 Å². The van der Waals surface area contributed by atoms with E-state index in [2.05, 4.69) is 10.3 Å². The number of aromatic hydroxyl groups is 1. The van der Waals surface area contributed by atoms with Crippen LogP contribution in [0.5, 0.6) is 11.5 Å². The van der Waals surface area contributed by atoms with Crippen LogP contribution in [0.3, 0.4) is 0 Å². The van der Waals surface area contributed by atoms with Gasteiger partial charge in [0.2, 0.25) is 0 Å². The number of nitrogens with one attached hydrogen (secondary N) is 1. The molecule has 5 nitrogen and oxygen atoms in total. The van der Waals surface area contributed by atoms with Crippen molar-refractivity contribution in [2.45, 2.75) is 0 Å². The third kappa shape index (κ3) is 1.86. The minimum absolute atomic E-state index is 0.0417. The predicted octanol–water partition coefficient (Wildman–Crippen LogP) is 1.79. The number of nitrogens with zero attached hydrogens (tertiary/aromatic N) is 1. The molecule has 0 unspecified atom stereocenters. The van der Waals surface area contributed by atoms with Crippen LogP contribution in [0.4, 0.5) is 5.69 Å². The molecule has 3 rings (SSSR count). The van der Waals surface area contributed by atoms with E-state index in [0.717, 1.165) is 11.1 Å². The fraction of sp³-hybridized carbons (Fsp3) is 0.0769. The Kier molecular flexibility index (Phi) is 2.37. The average Bonchev–Trinajstić information content (AvgIpc) is 2.38. The number of ether oxygens (including phenoxy) is 1. The van der Waals surface area contributed by atoms with Gasteiger partial charge in [-0.3, -0.25) is 9.78 Å². The number of rotatable bonds is 1. The first-order valence-electron chi connectivity index (χ1n) is 5.43. The van der Waals surface area contributed by atoms with Crippen molar-refractivity contribution in [3.63, 3.8) is 0 Å². The Morgan fingerprint density at radius 3 is 2.94 bits per heavy atom. The van der Waals surface area contributed by atoms with Crippen molar-refractivity contribution in [1.82, 2.24) is 4.98 Å². The first-order valence-corrected chi connectivity index (χ1v) is 5.43. The highest BCUT2D eigenvalue weighted by atomic mass is 16.5. The summed E-state index contributed by atoms with van der Waals surface area (Å²) in [4.78, 5) is 15.2. The van der Waals surface area contributed by atoms with E-state index in [1.165, 1.54) is 6.20 Å². The smallest absolute Gasteiger partial charge is 0.262 e. The molecule has 90 valence electrons. The average molecular weight is 242 g/mol. The first-order chi connectivity index (χ1) is 8.72. The zero-order chi connectivity index (χ0) is 12.5. The molecular formula is C13H10N2O3. The second-order valence-electron chi connectivity index (χ2n) is 3.98. The molecule has 1 aromatic heterocycles. The van der Waals surface area contributed by atoms with Gasteiger partial charge in [0.1, 0.15) is 11.5 Å². The summed E-state index contributed by atoms with van der Waals surface area (Å²) in [5, 5.41) is 12.1. The fourth-order valence-corrected chi connectivity index (χ4v) is 1.85. The number of anilines is 1. The van der Waals surface area contributed by atoms with Crippen molar-refractivity contribution in [3.05, 3.63) is 36.7 Å². The molecular weight excluding hydrogens is 232 g/mol. The number of aromatic nitrogens is 1. The molecule has 0 fully saturated rings. The molecule has 0 saturated heterocycles. The van der Waals surface area contributed by atoms with Gasteiger partial charge in [0.15, 0.2) is 6.61 Å². The van der Waals surface area contributed by atoms with Crippen molar-refractivity contribution in [2.75, 3.05) is 11.9 Å². The Morgan fingerprint density at radius 2 is 2.11 bits per heavy atom. The molecule has 18 heavy (non-hydrogen) atoms. The number of amides is 1. The maximum atomic E-state index is 11.2. The lowest BCUT2D eigenvalue weighted by molar-refractivity contribution is -0.118. The van der Waals surface area contributed by atoms with E-state index >= 15 is 0 Å². The molecule has 1 aliphatic heterocycles. The molecule has 0 bridgehead atoms. The molecule has 1 amide bonds. The molecule has 1 aromatic carbocycles. The van der Waals surface area contributed by atoms with Crippen molar-refractivity contribution in [1.29, 1.82) is 0 Å². The van der Waals surface area contributed by atoms with Gasteiger partial charge in [-0.25, -0.2) is 0 Å². The number of carbonyl (C=O) groups is 1. The number of fused-ring (bicyclic) bond motifs is 1. The Bertz CT molecular complexity index is 625. The van der Waals surface area contributed by atoms with Gasteiger partial charge in [-0.05, 0) is 23.8 Å². The number of pyridine rings is 1. The lowest BCUT2D eigenvalue weighted by Gasteiger charge is -2.18.